The Morgan fingerprint density at radius 3 is 2.52 bits per heavy atom. The molecule has 0 spiro atoms. The molecule has 144 valence electrons. The third kappa shape index (κ3) is 3.41. The molecule has 3 aromatic carbocycles. The van der Waals surface area contributed by atoms with Crippen molar-refractivity contribution < 1.29 is 14.3 Å². The number of para-hydroxylation sites is 3. The molecule has 1 aliphatic rings. The predicted molar refractivity (Wildman–Crippen MR) is 115 cm³/mol. The Balaban J connectivity index is 1.55. The number of carbonyl (C=O) groups excluding carboxylic acids is 1. The van der Waals surface area contributed by atoms with Crippen molar-refractivity contribution in [3.05, 3.63) is 77.8 Å². The first kappa shape index (κ1) is 18.0. The van der Waals surface area contributed by atoms with Crippen LogP contribution in [0.1, 0.15) is 0 Å². The highest BCUT2D eigenvalue weighted by Gasteiger charge is 2.34. The molecule has 1 amide bonds. The minimum Gasteiger partial charge on any atom is -0.485 e. The van der Waals surface area contributed by atoms with Gasteiger partial charge in [-0.15, -0.1) is 0 Å². The molecule has 1 atom stereocenters. The van der Waals surface area contributed by atoms with Crippen molar-refractivity contribution in [3.63, 3.8) is 0 Å². The Hall–Kier alpha value is -3.09. The Morgan fingerprint density at radius 1 is 1.00 bits per heavy atom. The maximum absolute atomic E-state index is 13.5. The van der Waals surface area contributed by atoms with Crippen LogP contribution in [0.15, 0.2) is 72.8 Å². The fraction of sp³-hybridized carbons (Fsp3) is 0.0909. The highest BCUT2D eigenvalue weighted by Crippen LogP contribution is 2.36. The highest BCUT2D eigenvalue weighted by atomic mass is 35.5. The average molecular weight is 423 g/mol. The third-order valence-electron chi connectivity index (χ3n) is 4.56. The van der Waals surface area contributed by atoms with Gasteiger partial charge in [0.2, 0.25) is 6.10 Å². The van der Waals surface area contributed by atoms with Crippen LogP contribution in [0.4, 0.5) is 10.8 Å². The molecule has 2 heterocycles. The normalized spacial score (nSPS) is 15.3. The second kappa shape index (κ2) is 7.39. The largest absolute Gasteiger partial charge is 0.485 e. The second-order valence-electron chi connectivity index (χ2n) is 6.48. The van der Waals surface area contributed by atoms with Gasteiger partial charge in [0, 0.05) is 5.02 Å². The number of aromatic nitrogens is 1. The van der Waals surface area contributed by atoms with Gasteiger partial charge in [0.25, 0.3) is 5.91 Å². The van der Waals surface area contributed by atoms with E-state index in [1.165, 1.54) is 11.3 Å². The summed E-state index contributed by atoms with van der Waals surface area (Å²) in [6, 6.07) is 22.2. The molecule has 5 nitrogen and oxygen atoms in total. The van der Waals surface area contributed by atoms with Crippen LogP contribution in [0, 0.1) is 0 Å². The zero-order chi connectivity index (χ0) is 19.8. The smallest absolute Gasteiger partial charge is 0.278 e. The van der Waals surface area contributed by atoms with E-state index in [9.17, 15) is 4.79 Å². The molecule has 0 saturated carbocycles. The number of benzene rings is 3. The summed E-state index contributed by atoms with van der Waals surface area (Å²) in [5, 5.41) is 1.16. The van der Waals surface area contributed by atoms with Gasteiger partial charge in [-0.2, -0.15) is 0 Å². The number of hydrogen-bond acceptors (Lipinski definition) is 5. The minimum atomic E-state index is -0.785. The molecule has 0 radical (unpaired) electrons. The molecule has 0 N–H and O–H groups in total. The van der Waals surface area contributed by atoms with E-state index in [1.54, 1.807) is 35.2 Å². The van der Waals surface area contributed by atoms with Gasteiger partial charge in [-0.25, -0.2) is 4.98 Å². The lowest BCUT2D eigenvalue weighted by atomic mass is 10.2. The Morgan fingerprint density at radius 2 is 1.72 bits per heavy atom. The minimum absolute atomic E-state index is 0.130. The number of rotatable bonds is 3. The van der Waals surface area contributed by atoms with Crippen LogP contribution >= 0.6 is 22.9 Å². The summed E-state index contributed by atoms with van der Waals surface area (Å²) >= 11 is 7.50. The number of thiazole rings is 1. The van der Waals surface area contributed by atoms with Crippen LogP contribution in [-0.4, -0.2) is 23.6 Å². The molecular weight excluding hydrogens is 408 g/mol. The van der Waals surface area contributed by atoms with E-state index in [2.05, 4.69) is 4.98 Å². The SMILES string of the molecule is O=C([C@@H]1COc2ccccc2O1)N(c1ccc(Cl)cc1)c1nc2ccccc2s1. The van der Waals surface area contributed by atoms with Gasteiger partial charge in [-0.3, -0.25) is 9.69 Å². The summed E-state index contributed by atoms with van der Waals surface area (Å²) in [5.41, 5.74) is 1.51. The molecule has 0 bridgehead atoms. The molecule has 0 fully saturated rings. The number of ether oxygens (including phenoxy) is 2. The van der Waals surface area contributed by atoms with Crippen molar-refractivity contribution in [2.24, 2.45) is 0 Å². The number of halogens is 1. The van der Waals surface area contributed by atoms with Crippen LogP contribution < -0.4 is 14.4 Å². The summed E-state index contributed by atoms with van der Waals surface area (Å²) in [6.45, 7) is 0.130. The second-order valence-corrected chi connectivity index (χ2v) is 7.92. The van der Waals surface area contributed by atoms with Crippen molar-refractivity contribution in [1.82, 2.24) is 4.98 Å². The van der Waals surface area contributed by atoms with E-state index < -0.39 is 6.10 Å². The zero-order valence-corrected chi connectivity index (χ0v) is 16.7. The number of nitrogens with zero attached hydrogens (tertiary/aromatic N) is 2. The Labute approximate surface area is 176 Å². The third-order valence-corrected chi connectivity index (χ3v) is 5.84. The van der Waals surface area contributed by atoms with E-state index in [1.807, 2.05) is 42.5 Å². The Kier molecular flexibility index (Phi) is 4.58. The monoisotopic (exact) mass is 422 g/mol. The molecule has 5 rings (SSSR count). The standard InChI is InChI=1S/C22H15ClN2O3S/c23-14-9-11-15(12-10-14)25(22-24-16-5-1-4-8-20(16)29-22)21(26)19-13-27-17-6-2-3-7-18(17)28-19/h1-12,19H,13H2/t19-/m0/s1. The number of anilines is 2. The molecule has 29 heavy (non-hydrogen) atoms. The maximum atomic E-state index is 13.5. The Bertz CT molecular complexity index is 1160. The molecular formula is C22H15ClN2O3S. The van der Waals surface area contributed by atoms with Crippen LogP contribution in [0.3, 0.4) is 0 Å². The molecule has 7 heteroatoms. The quantitative estimate of drug-likeness (QED) is 0.440. The summed E-state index contributed by atoms with van der Waals surface area (Å²) in [6.07, 6.45) is -0.785. The topological polar surface area (TPSA) is 51.7 Å². The van der Waals surface area contributed by atoms with Gasteiger partial charge < -0.3 is 9.47 Å². The fourth-order valence-corrected chi connectivity index (χ4v) is 4.28. The number of hydrogen-bond donors (Lipinski definition) is 0. The lowest BCUT2D eigenvalue weighted by molar-refractivity contribution is -0.126. The van der Waals surface area contributed by atoms with Crippen molar-refractivity contribution in [1.29, 1.82) is 0 Å². The first-order chi connectivity index (χ1) is 14.2. The van der Waals surface area contributed by atoms with Gasteiger partial charge in [0.1, 0.15) is 6.61 Å². The molecule has 1 aromatic heterocycles. The fourth-order valence-electron chi connectivity index (χ4n) is 3.16. The van der Waals surface area contributed by atoms with E-state index in [-0.39, 0.29) is 12.5 Å². The van der Waals surface area contributed by atoms with E-state index in [0.29, 0.717) is 27.3 Å². The van der Waals surface area contributed by atoms with Crippen molar-refractivity contribution in [2.75, 3.05) is 11.5 Å². The van der Waals surface area contributed by atoms with Gasteiger partial charge >= 0.3 is 0 Å². The van der Waals surface area contributed by atoms with Gasteiger partial charge in [0.15, 0.2) is 16.6 Å². The lowest BCUT2D eigenvalue weighted by Gasteiger charge is -2.29. The highest BCUT2D eigenvalue weighted by molar-refractivity contribution is 7.22. The summed E-state index contributed by atoms with van der Waals surface area (Å²) < 4.78 is 12.7. The van der Waals surface area contributed by atoms with Gasteiger partial charge in [-0.1, -0.05) is 47.2 Å². The molecule has 1 aliphatic heterocycles. The van der Waals surface area contributed by atoms with Gasteiger partial charge in [0.05, 0.1) is 15.9 Å². The number of fused-ring (bicyclic) bond motifs is 2. The van der Waals surface area contributed by atoms with Crippen molar-refractivity contribution in [2.45, 2.75) is 6.10 Å². The van der Waals surface area contributed by atoms with Crippen LogP contribution in [0.5, 0.6) is 11.5 Å². The summed E-state index contributed by atoms with van der Waals surface area (Å²) in [5.74, 6) is 0.938. The van der Waals surface area contributed by atoms with Crippen LogP contribution in [-0.2, 0) is 4.79 Å². The molecule has 4 aromatic rings. The van der Waals surface area contributed by atoms with Crippen LogP contribution in [0.2, 0.25) is 5.02 Å². The molecule has 0 aliphatic carbocycles. The van der Waals surface area contributed by atoms with Crippen molar-refractivity contribution in [3.8, 4) is 11.5 Å². The van der Waals surface area contributed by atoms with E-state index in [4.69, 9.17) is 21.1 Å². The number of carbonyl (C=O) groups is 1. The first-order valence-corrected chi connectivity index (χ1v) is 10.2. The maximum Gasteiger partial charge on any atom is 0.278 e. The molecule has 0 unspecified atom stereocenters. The van der Waals surface area contributed by atoms with Crippen molar-refractivity contribution >= 4 is 49.9 Å². The summed E-state index contributed by atoms with van der Waals surface area (Å²) in [7, 11) is 0. The van der Waals surface area contributed by atoms with E-state index >= 15 is 0 Å². The zero-order valence-electron chi connectivity index (χ0n) is 15.1. The number of amides is 1. The lowest BCUT2D eigenvalue weighted by Crippen LogP contribution is -2.44. The molecule has 0 saturated heterocycles. The summed E-state index contributed by atoms with van der Waals surface area (Å²) in [4.78, 5) is 19.8. The van der Waals surface area contributed by atoms with E-state index in [0.717, 1.165) is 10.2 Å². The van der Waals surface area contributed by atoms with Gasteiger partial charge in [-0.05, 0) is 48.5 Å². The van der Waals surface area contributed by atoms with Crippen LogP contribution in [0.25, 0.3) is 10.2 Å². The first-order valence-electron chi connectivity index (χ1n) is 9.03. The predicted octanol–water partition coefficient (Wildman–Crippen LogP) is 5.45. The average Bonchev–Trinajstić information content (AvgIpc) is 3.18.